The summed E-state index contributed by atoms with van der Waals surface area (Å²) in [6.45, 7) is 1.93. The van der Waals surface area contributed by atoms with Crippen molar-refractivity contribution in [2.24, 2.45) is 5.92 Å². The Labute approximate surface area is 126 Å². The summed E-state index contributed by atoms with van der Waals surface area (Å²) in [5, 5.41) is 9.13. The van der Waals surface area contributed by atoms with Crippen LogP contribution in [0, 0.1) is 5.92 Å². The van der Waals surface area contributed by atoms with Gasteiger partial charge in [0.15, 0.2) is 0 Å². The van der Waals surface area contributed by atoms with Gasteiger partial charge in [-0.05, 0) is 36.5 Å². The summed E-state index contributed by atoms with van der Waals surface area (Å²) in [6, 6.07) is 4.62. The molecule has 1 aliphatic rings. The van der Waals surface area contributed by atoms with Crippen molar-refractivity contribution >= 4 is 10.0 Å². The molecule has 118 valence electrons. The summed E-state index contributed by atoms with van der Waals surface area (Å²) in [5.41, 5.74) is 0.622. The maximum absolute atomic E-state index is 12.6. The van der Waals surface area contributed by atoms with Crippen LogP contribution in [0.25, 0.3) is 0 Å². The lowest BCUT2D eigenvalue weighted by Gasteiger charge is -2.29. The van der Waals surface area contributed by atoms with Crippen LogP contribution in [0.2, 0.25) is 0 Å². The Morgan fingerprint density at radius 3 is 2.67 bits per heavy atom. The van der Waals surface area contributed by atoms with Crippen LogP contribution in [-0.2, 0) is 16.6 Å². The van der Waals surface area contributed by atoms with Crippen molar-refractivity contribution in [2.45, 2.75) is 50.2 Å². The van der Waals surface area contributed by atoms with Crippen LogP contribution in [0.1, 0.15) is 38.2 Å². The van der Waals surface area contributed by atoms with E-state index in [2.05, 4.69) is 11.6 Å². The van der Waals surface area contributed by atoms with E-state index in [-0.39, 0.29) is 23.3 Å². The first-order valence-electron chi connectivity index (χ1n) is 7.28. The van der Waals surface area contributed by atoms with Gasteiger partial charge in [-0.2, -0.15) is 0 Å². The first-order valence-corrected chi connectivity index (χ1v) is 8.76. The minimum absolute atomic E-state index is 0.0222. The summed E-state index contributed by atoms with van der Waals surface area (Å²) >= 11 is 0. The molecule has 0 amide bonds. The van der Waals surface area contributed by atoms with E-state index in [1.807, 2.05) is 0 Å². The molecule has 21 heavy (non-hydrogen) atoms. The Morgan fingerprint density at radius 1 is 1.33 bits per heavy atom. The van der Waals surface area contributed by atoms with E-state index < -0.39 is 10.0 Å². The Morgan fingerprint density at radius 2 is 2.05 bits per heavy atom. The number of aliphatic hydroxyl groups is 1. The third-order valence-corrected chi connectivity index (χ3v) is 5.65. The van der Waals surface area contributed by atoms with Gasteiger partial charge in [-0.1, -0.05) is 25.8 Å². The number of aliphatic hydroxyl groups excluding tert-OH is 1. The fourth-order valence-electron chi connectivity index (χ4n) is 2.79. The molecule has 0 aliphatic heterocycles. The van der Waals surface area contributed by atoms with Crippen LogP contribution in [0.3, 0.4) is 0 Å². The van der Waals surface area contributed by atoms with E-state index in [1.165, 1.54) is 13.2 Å². The van der Waals surface area contributed by atoms with Crippen molar-refractivity contribution in [3.8, 4) is 5.75 Å². The summed E-state index contributed by atoms with van der Waals surface area (Å²) in [7, 11) is -2.19. The van der Waals surface area contributed by atoms with Gasteiger partial charge in [0.1, 0.15) is 10.6 Å². The molecule has 1 fully saturated rings. The lowest BCUT2D eigenvalue weighted by molar-refractivity contribution is 0.280. The van der Waals surface area contributed by atoms with E-state index in [0.29, 0.717) is 11.5 Å². The first kappa shape index (κ1) is 16.3. The van der Waals surface area contributed by atoms with E-state index in [0.717, 1.165) is 25.7 Å². The summed E-state index contributed by atoms with van der Waals surface area (Å²) in [6.07, 6.45) is 4.14. The molecule has 0 aromatic heterocycles. The summed E-state index contributed by atoms with van der Waals surface area (Å²) in [5.74, 6) is 0.605. The average molecular weight is 313 g/mol. The predicted octanol–water partition coefficient (Wildman–Crippen LogP) is 2.04. The standard InChI is InChI=1S/C15H23NO4S/c1-11-5-3-4-6-13(11)16-21(18,19)15-8-7-12(10-17)9-14(15)20-2/h7-9,11,13,16-17H,3-6,10H2,1-2H3. The van der Waals surface area contributed by atoms with Gasteiger partial charge < -0.3 is 9.84 Å². The quantitative estimate of drug-likeness (QED) is 0.872. The molecule has 2 unspecified atom stereocenters. The molecule has 1 saturated carbocycles. The monoisotopic (exact) mass is 313 g/mol. The van der Waals surface area contributed by atoms with E-state index >= 15 is 0 Å². The maximum atomic E-state index is 12.6. The third kappa shape index (κ3) is 3.75. The number of ether oxygens (including phenoxy) is 1. The Bertz CT molecular complexity index is 585. The fraction of sp³-hybridized carbons (Fsp3) is 0.600. The lowest BCUT2D eigenvalue weighted by atomic mass is 9.87. The number of rotatable bonds is 5. The topological polar surface area (TPSA) is 75.6 Å². The second-order valence-electron chi connectivity index (χ2n) is 5.63. The normalized spacial score (nSPS) is 23.0. The second-order valence-corrected chi connectivity index (χ2v) is 7.32. The SMILES string of the molecule is COc1cc(CO)ccc1S(=O)(=O)NC1CCCCC1C. The number of hydrogen-bond acceptors (Lipinski definition) is 4. The van der Waals surface area contributed by atoms with Crippen LogP contribution >= 0.6 is 0 Å². The van der Waals surface area contributed by atoms with Crippen molar-refractivity contribution in [1.29, 1.82) is 0 Å². The zero-order valence-electron chi connectivity index (χ0n) is 12.5. The highest BCUT2D eigenvalue weighted by Crippen LogP contribution is 2.28. The molecule has 1 aromatic rings. The maximum Gasteiger partial charge on any atom is 0.244 e. The molecule has 6 heteroatoms. The highest BCUT2D eigenvalue weighted by Gasteiger charge is 2.28. The van der Waals surface area contributed by atoms with Gasteiger partial charge in [0.05, 0.1) is 13.7 Å². The van der Waals surface area contributed by atoms with Gasteiger partial charge in [0.25, 0.3) is 0 Å². The number of methoxy groups -OCH3 is 1. The lowest BCUT2D eigenvalue weighted by Crippen LogP contribution is -2.41. The summed E-state index contributed by atoms with van der Waals surface area (Å²) < 4.78 is 33.1. The van der Waals surface area contributed by atoms with Gasteiger partial charge in [0.2, 0.25) is 10.0 Å². The van der Waals surface area contributed by atoms with Crippen molar-refractivity contribution in [2.75, 3.05) is 7.11 Å². The summed E-state index contributed by atoms with van der Waals surface area (Å²) in [4.78, 5) is 0.125. The van der Waals surface area contributed by atoms with Gasteiger partial charge >= 0.3 is 0 Å². The van der Waals surface area contributed by atoms with Crippen molar-refractivity contribution in [3.05, 3.63) is 23.8 Å². The Hall–Kier alpha value is -1.11. The first-order chi connectivity index (χ1) is 9.97. The number of sulfonamides is 1. The molecular formula is C15H23NO4S. The molecule has 2 rings (SSSR count). The van der Waals surface area contributed by atoms with Crippen LogP contribution in [0.5, 0.6) is 5.75 Å². The van der Waals surface area contributed by atoms with Crippen LogP contribution in [0.4, 0.5) is 0 Å². The molecule has 1 aliphatic carbocycles. The van der Waals surface area contributed by atoms with Crippen LogP contribution in [-0.4, -0.2) is 26.7 Å². The van der Waals surface area contributed by atoms with E-state index in [4.69, 9.17) is 9.84 Å². The molecule has 5 nitrogen and oxygen atoms in total. The van der Waals surface area contributed by atoms with Gasteiger partial charge in [-0.25, -0.2) is 13.1 Å². The van der Waals surface area contributed by atoms with Crippen molar-refractivity contribution in [3.63, 3.8) is 0 Å². The molecule has 0 spiro atoms. The molecule has 0 bridgehead atoms. The van der Waals surface area contributed by atoms with Crippen LogP contribution < -0.4 is 9.46 Å². The Kier molecular flexibility index (Phi) is 5.24. The molecule has 2 N–H and O–H groups in total. The zero-order valence-corrected chi connectivity index (χ0v) is 13.3. The fourth-order valence-corrected chi connectivity index (χ4v) is 4.32. The molecule has 2 atom stereocenters. The molecule has 1 aromatic carbocycles. The highest BCUT2D eigenvalue weighted by atomic mass is 32.2. The molecule has 0 heterocycles. The van der Waals surface area contributed by atoms with Gasteiger partial charge in [0, 0.05) is 6.04 Å². The van der Waals surface area contributed by atoms with E-state index in [1.54, 1.807) is 12.1 Å². The molecule has 0 radical (unpaired) electrons. The molecular weight excluding hydrogens is 290 g/mol. The van der Waals surface area contributed by atoms with Crippen molar-refractivity contribution in [1.82, 2.24) is 4.72 Å². The number of hydrogen-bond donors (Lipinski definition) is 2. The van der Waals surface area contributed by atoms with Crippen molar-refractivity contribution < 1.29 is 18.3 Å². The van der Waals surface area contributed by atoms with E-state index in [9.17, 15) is 8.42 Å². The second kappa shape index (κ2) is 6.77. The molecule has 0 saturated heterocycles. The largest absolute Gasteiger partial charge is 0.495 e. The van der Waals surface area contributed by atoms with Gasteiger partial charge in [-0.15, -0.1) is 0 Å². The van der Waals surface area contributed by atoms with Gasteiger partial charge in [-0.3, -0.25) is 0 Å². The highest BCUT2D eigenvalue weighted by molar-refractivity contribution is 7.89. The van der Waals surface area contributed by atoms with Crippen LogP contribution in [0.15, 0.2) is 23.1 Å². The number of nitrogens with one attached hydrogen (secondary N) is 1. The Balaban J connectivity index is 2.26. The predicted molar refractivity (Wildman–Crippen MR) is 80.7 cm³/mol. The average Bonchev–Trinajstić information content (AvgIpc) is 2.48. The smallest absolute Gasteiger partial charge is 0.244 e. The minimum atomic E-state index is -3.62. The minimum Gasteiger partial charge on any atom is -0.495 e. The number of benzene rings is 1. The third-order valence-electron chi connectivity index (χ3n) is 4.12. The zero-order chi connectivity index (χ0) is 15.5.